The SMILES string of the molecule is CCC1CCNC(C(O)c2cnn(C)c2)C1. The van der Waals surface area contributed by atoms with Gasteiger partial charge in [0.1, 0.15) is 0 Å². The number of nitrogens with zero attached hydrogens (tertiary/aromatic N) is 2. The van der Waals surface area contributed by atoms with Gasteiger partial charge in [-0.15, -0.1) is 0 Å². The highest BCUT2D eigenvalue weighted by Crippen LogP contribution is 2.27. The van der Waals surface area contributed by atoms with Gasteiger partial charge in [0, 0.05) is 24.8 Å². The van der Waals surface area contributed by atoms with Crippen LogP contribution in [0.2, 0.25) is 0 Å². The molecule has 1 fully saturated rings. The average Bonchev–Trinajstić information content (AvgIpc) is 2.75. The number of nitrogens with one attached hydrogen (secondary N) is 1. The van der Waals surface area contributed by atoms with Gasteiger partial charge in [0.2, 0.25) is 0 Å². The summed E-state index contributed by atoms with van der Waals surface area (Å²) in [4.78, 5) is 0. The Morgan fingerprint density at radius 3 is 3.12 bits per heavy atom. The lowest BCUT2D eigenvalue weighted by molar-refractivity contribution is 0.0978. The smallest absolute Gasteiger partial charge is 0.0973 e. The quantitative estimate of drug-likeness (QED) is 0.810. The largest absolute Gasteiger partial charge is 0.387 e. The molecule has 4 nitrogen and oxygen atoms in total. The van der Waals surface area contributed by atoms with Crippen LogP contribution in [0.15, 0.2) is 12.4 Å². The molecule has 16 heavy (non-hydrogen) atoms. The topological polar surface area (TPSA) is 50.1 Å². The number of aromatic nitrogens is 2. The lowest BCUT2D eigenvalue weighted by atomic mass is 9.87. The van der Waals surface area contributed by atoms with Gasteiger partial charge in [0.15, 0.2) is 0 Å². The van der Waals surface area contributed by atoms with Crippen LogP contribution in [0.3, 0.4) is 0 Å². The zero-order chi connectivity index (χ0) is 11.5. The second kappa shape index (κ2) is 4.97. The number of aryl methyl sites for hydroxylation is 1. The molecule has 0 saturated carbocycles. The van der Waals surface area contributed by atoms with Crippen LogP contribution < -0.4 is 5.32 Å². The van der Waals surface area contributed by atoms with E-state index in [4.69, 9.17) is 0 Å². The van der Waals surface area contributed by atoms with E-state index in [-0.39, 0.29) is 6.04 Å². The van der Waals surface area contributed by atoms with Crippen LogP contribution >= 0.6 is 0 Å². The molecule has 0 spiro atoms. The van der Waals surface area contributed by atoms with Gasteiger partial charge < -0.3 is 10.4 Å². The van der Waals surface area contributed by atoms with Crippen molar-refractivity contribution in [3.8, 4) is 0 Å². The third-order valence-electron chi connectivity index (χ3n) is 3.57. The van der Waals surface area contributed by atoms with E-state index < -0.39 is 6.10 Å². The van der Waals surface area contributed by atoms with Crippen LogP contribution in [-0.4, -0.2) is 27.5 Å². The molecule has 1 aromatic heterocycles. The van der Waals surface area contributed by atoms with Gasteiger partial charge >= 0.3 is 0 Å². The van der Waals surface area contributed by atoms with Crippen LogP contribution in [0.1, 0.15) is 37.9 Å². The Labute approximate surface area is 96.7 Å². The van der Waals surface area contributed by atoms with Crippen molar-refractivity contribution in [2.75, 3.05) is 6.54 Å². The standard InChI is InChI=1S/C12H21N3O/c1-3-9-4-5-13-11(6-9)12(16)10-7-14-15(2)8-10/h7-9,11-13,16H,3-6H2,1-2H3. The number of aliphatic hydroxyl groups excluding tert-OH is 1. The first-order valence-electron chi connectivity index (χ1n) is 6.10. The second-order valence-electron chi connectivity index (χ2n) is 4.75. The Hall–Kier alpha value is -0.870. The van der Waals surface area contributed by atoms with Crippen molar-refractivity contribution in [3.63, 3.8) is 0 Å². The predicted octanol–water partition coefficient (Wildman–Crippen LogP) is 1.23. The minimum absolute atomic E-state index is 0.183. The zero-order valence-electron chi connectivity index (χ0n) is 10.1. The van der Waals surface area contributed by atoms with Crippen LogP contribution in [-0.2, 0) is 7.05 Å². The number of rotatable bonds is 3. The fourth-order valence-electron chi connectivity index (χ4n) is 2.47. The van der Waals surface area contributed by atoms with Gasteiger partial charge in [-0.1, -0.05) is 13.3 Å². The van der Waals surface area contributed by atoms with Gasteiger partial charge in [-0.05, 0) is 25.3 Å². The highest BCUT2D eigenvalue weighted by atomic mass is 16.3. The van der Waals surface area contributed by atoms with E-state index in [0.29, 0.717) is 0 Å². The van der Waals surface area contributed by atoms with Crippen molar-refractivity contribution < 1.29 is 5.11 Å². The van der Waals surface area contributed by atoms with Gasteiger partial charge in [-0.2, -0.15) is 5.10 Å². The van der Waals surface area contributed by atoms with Crippen LogP contribution in [0.25, 0.3) is 0 Å². The highest BCUT2D eigenvalue weighted by Gasteiger charge is 2.27. The first-order valence-corrected chi connectivity index (χ1v) is 6.10. The Bertz CT molecular complexity index is 337. The molecular formula is C12H21N3O. The molecule has 1 saturated heterocycles. The summed E-state index contributed by atoms with van der Waals surface area (Å²) in [6, 6.07) is 0.183. The molecule has 0 amide bonds. The van der Waals surface area contributed by atoms with Crippen molar-refractivity contribution in [2.45, 2.75) is 38.3 Å². The minimum Gasteiger partial charge on any atom is -0.387 e. The molecule has 0 bridgehead atoms. The summed E-state index contributed by atoms with van der Waals surface area (Å²) < 4.78 is 1.73. The third kappa shape index (κ3) is 2.44. The van der Waals surface area contributed by atoms with E-state index in [9.17, 15) is 5.11 Å². The zero-order valence-corrected chi connectivity index (χ0v) is 10.1. The maximum absolute atomic E-state index is 10.3. The summed E-state index contributed by atoms with van der Waals surface area (Å²) in [5.74, 6) is 0.748. The molecule has 0 aromatic carbocycles. The average molecular weight is 223 g/mol. The molecule has 2 heterocycles. The van der Waals surface area contributed by atoms with E-state index in [1.54, 1.807) is 10.9 Å². The fourth-order valence-corrected chi connectivity index (χ4v) is 2.47. The molecule has 3 atom stereocenters. The lowest BCUT2D eigenvalue weighted by Crippen LogP contribution is -2.41. The minimum atomic E-state index is -0.428. The number of aliphatic hydroxyl groups is 1. The predicted molar refractivity (Wildman–Crippen MR) is 63.0 cm³/mol. The number of hydrogen-bond acceptors (Lipinski definition) is 3. The molecule has 1 aromatic rings. The van der Waals surface area contributed by atoms with Crippen molar-refractivity contribution in [3.05, 3.63) is 18.0 Å². The summed E-state index contributed by atoms with van der Waals surface area (Å²) in [6.07, 6.45) is 6.71. The summed E-state index contributed by atoms with van der Waals surface area (Å²) >= 11 is 0. The molecule has 0 radical (unpaired) electrons. The number of piperidine rings is 1. The van der Waals surface area contributed by atoms with E-state index in [0.717, 1.165) is 24.4 Å². The summed E-state index contributed by atoms with van der Waals surface area (Å²) in [6.45, 7) is 3.24. The number of hydrogen-bond donors (Lipinski definition) is 2. The second-order valence-corrected chi connectivity index (χ2v) is 4.75. The normalized spacial score (nSPS) is 27.9. The summed E-state index contributed by atoms with van der Waals surface area (Å²) in [7, 11) is 1.87. The third-order valence-corrected chi connectivity index (χ3v) is 3.57. The molecule has 3 unspecified atom stereocenters. The van der Waals surface area contributed by atoms with Crippen molar-refractivity contribution in [1.82, 2.24) is 15.1 Å². The van der Waals surface area contributed by atoms with Crippen LogP contribution in [0.4, 0.5) is 0 Å². The van der Waals surface area contributed by atoms with Crippen molar-refractivity contribution in [1.29, 1.82) is 0 Å². The van der Waals surface area contributed by atoms with E-state index >= 15 is 0 Å². The van der Waals surface area contributed by atoms with E-state index in [1.807, 2.05) is 13.2 Å². The Balaban J connectivity index is 2.01. The van der Waals surface area contributed by atoms with Crippen LogP contribution in [0, 0.1) is 5.92 Å². The maximum atomic E-state index is 10.3. The molecular weight excluding hydrogens is 202 g/mol. The van der Waals surface area contributed by atoms with E-state index in [2.05, 4.69) is 17.3 Å². The molecule has 90 valence electrons. The maximum Gasteiger partial charge on any atom is 0.0973 e. The fraction of sp³-hybridized carbons (Fsp3) is 0.750. The van der Waals surface area contributed by atoms with E-state index in [1.165, 1.54) is 12.8 Å². The Morgan fingerprint density at radius 2 is 2.50 bits per heavy atom. The molecule has 2 N–H and O–H groups in total. The first kappa shape index (κ1) is 11.6. The van der Waals surface area contributed by atoms with Gasteiger partial charge in [-0.3, -0.25) is 4.68 Å². The van der Waals surface area contributed by atoms with Gasteiger partial charge in [0.05, 0.1) is 12.3 Å². The molecule has 0 aliphatic carbocycles. The first-order chi connectivity index (χ1) is 7.70. The molecule has 1 aliphatic rings. The van der Waals surface area contributed by atoms with Crippen molar-refractivity contribution >= 4 is 0 Å². The van der Waals surface area contributed by atoms with Gasteiger partial charge in [0.25, 0.3) is 0 Å². The van der Waals surface area contributed by atoms with Crippen molar-refractivity contribution in [2.24, 2.45) is 13.0 Å². The monoisotopic (exact) mass is 223 g/mol. The highest BCUT2D eigenvalue weighted by molar-refractivity contribution is 5.11. The van der Waals surface area contributed by atoms with Gasteiger partial charge in [-0.25, -0.2) is 0 Å². The lowest BCUT2D eigenvalue weighted by Gasteiger charge is -2.32. The summed E-state index contributed by atoms with van der Waals surface area (Å²) in [5.41, 5.74) is 0.914. The molecule has 4 heteroatoms. The summed E-state index contributed by atoms with van der Waals surface area (Å²) in [5, 5.41) is 17.8. The molecule has 2 rings (SSSR count). The molecule has 1 aliphatic heterocycles. The van der Waals surface area contributed by atoms with Crippen LogP contribution in [0.5, 0.6) is 0 Å². The Kier molecular flexibility index (Phi) is 3.61. The Morgan fingerprint density at radius 1 is 1.69 bits per heavy atom.